The summed E-state index contributed by atoms with van der Waals surface area (Å²) >= 11 is 0. The zero-order valence-corrected chi connectivity index (χ0v) is 29.9. The third-order valence-electron chi connectivity index (χ3n) is 8.93. The van der Waals surface area contributed by atoms with Gasteiger partial charge in [-0.2, -0.15) is 0 Å². The molecule has 48 heavy (non-hydrogen) atoms. The molecule has 0 spiro atoms. The van der Waals surface area contributed by atoms with Crippen LogP contribution in [0.1, 0.15) is 56.7 Å². The molecule has 4 rings (SSSR count). The van der Waals surface area contributed by atoms with Gasteiger partial charge in [0.25, 0.3) is 0 Å². The van der Waals surface area contributed by atoms with Crippen LogP contribution in [0, 0.1) is 12.8 Å². The number of aliphatic hydroxyl groups excluding tert-OH is 1. The lowest BCUT2D eigenvalue weighted by atomic mass is 9.83. The Morgan fingerprint density at radius 1 is 1.00 bits per heavy atom. The molecule has 0 aliphatic carbocycles. The maximum atomic E-state index is 14.0. The van der Waals surface area contributed by atoms with Crippen LogP contribution < -0.4 is 20.1 Å². The van der Waals surface area contributed by atoms with Crippen molar-refractivity contribution in [2.75, 3.05) is 32.5 Å². The fourth-order valence-electron chi connectivity index (χ4n) is 5.82. The lowest BCUT2D eigenvalue weighted by Gasteiger charge is -2.35. The van der Waals surface area contributed by atoms with Crippen LogP contribution in [0.25, 0.3) is 0 Å². The number of hydrogen-bond donors (Lipinski definition) is 4. The van der Waals surface area contributed by atoms with Gasteiger partial charge >= 0.3 is 0 Å². The summed E-state index contributed by atoms with van der Waals surface area (Å²) in [6, 6.07) is 27.1. The first-order valence-electron chi connectivity index (χ1n) is 17.0. The molecule has 262 valence electrons. The van der Waals surface area contributed by atoms with E-state index in [1.165, 1.54) is 5.56 Å². The number of rotatable bonds is 17. The fourth-order valence-corrected chi connectivity index (χ4v) is 6.76. The van der Waals surface area contributed by atoms with Crippen LogP contribution >= 0.6 is 0 Å². The molecule has 9 nitrogen and oxygen atoms in total. The number of carbonyl (C=O) groups is 2. The van der Waals surface area contributed by atoms with Gasteiger partial charge in [0, 0.05) is 31.9 Å². The first kappa shape index (κ1) is 38.9. The number of aliphatic hydroxyl groups is 1. The topological polar surface area (TPSA) is 120 Å². The molecule has 5 atom stereocenters. The fraction of sp³-hybridized carbons (Fsp3) is 0.474. The third-order valence-corrected chi connectivity index (χ3v) is 10.0. The molecule has 0 aromatic heterocycles. The number of hydrogen-bond acceptors (Lipinski definition) is 6. The van der Waals surface area contributed by atoms with E-state index in [9.17, 15) is 18.9 Å². The van der Waals surface area contributed by atoms with Gasteiger partial charge in [-0.3, -0.25) is 9.59 Å². The van der Waals surface area contributed by atoms with Gasteiger partial charge < -0.3 is 25.4 Å². The molecule has 3 aromatic carbocycles. The smallest absolute Gasteiger partial charge is 0.244 e. The molecule has 1 fully saturated rings. The number of benzene rings is 3. The predicted octanol–water partition coefficient (Wildman–Crippen LogP) is 4.55. The minimum absolute atomic E-state index is 0.0502. The van der Waals surface area contributed by atoms with Gasteiger partial charge in [0.2, 0.25) is 11.8 Å². The minimum atomic E-state index is -1.35. The SMILES string of the molecule is CC[C@H](C)C1(NS(=O)CC)CCN([C@@H](CCc2ccccc2)C(=O)NCC(O)CNCc2cccc(OC)c2)C1=O.Cc1ccccc1. The Morgan fingerprint density at radius 2 is 1.67 bits per heavy atom. The number of aryl methyl sites for hydroxylation is 2. The van der Waals surface area contributed by atoms with E-state index in [2.05, 4.69) is 34.4 Å². The van der Waals surface area contributed by atoms with E-state index >= 15 is 0 Å². The van der Waals surface area contributed by atoms with Gasteiger partial charge in [-0.15, -0.1) is 0 Å². The van der Waals surface area contributed by atoms with E-state index in [1.807, 2.05) is 93.6 Å². The van der Waals surface area contributed by atoms with Crippen molar-refractivity contribution >= 4 is 22.8 Å². The van der Waals surface area contributed by atoms with E-state index in [0.29, 0.717) is 44.6 Å². The molecule has 0 bridgehead atoms. The summed E-state index contributed by atoms with van der Waals surface area (Å²) in [6.45, 7) is 9.21. The number of methoxy groups -OCH3 is 1. The second-order valence-electron chi connectivity index (χ2n) is 12.3. The van der Waals surface area contributed by atoms with Gasteiger partial charge in [-0.1, -0.05) is 106 Å². The van der Waals surface area contributed by atoms with Crippen LogP contribution in [0.2, 0.25) is 0 Å². The van der Waals surface area contributed by atoms with Crippen LogP contribution in [0.4, 0.5) is 0 Å². The van der Waals surface area contributed by atoms with E-state index in [-0.39, 0.29) is 24.3 Å². The summed E-state index contributed by atoms with van der Waals surface area (Å²) in [5.41, 5.74) is 2.46. The van der Waals surface area contributed by atoms with Crippen molar-refractivity contribution in [2.45, 2.75) is 77.6 Å². The Kier molecular flexibility index (Phi) is 16.2. The van der Waals surface area contributed by atoms with Crippen molar-refractivity contribution in [2.24, 2.45) is 5.92 Å². The summed E-state index contributed by atoms with van der Waals surface area (Å²) < 4.78 is 20.9. The number of nitrogens with one attached hydrogen (secondary N) is 3. The molecule has 0 radical (unpaired) electrons. The van der Waals surface area contributed by atoms with Gasteiger partial charge in [0.05, 0.1) is 24.2 Å². The van der Waals surface area contributed by atoms with Crippen molar-refractivity contribution in [3.63, 3.8) is 0 Å². The van der Waals surface area contributed by atoms with Crippen LogP contribution in [-0.4, -0.2) is 76.2 Å². The monoisotopic (exact) mass is 678 g/mol. The Hall–Kier alpha value is -3.57. The Balaban J connectivity index is 0.000000789. The van der Waals surface area contributed by atoms with E-state index in [0.717, 1.165) is 23.3 Å². The number of likely N-dealkylation sites (tertiary alicyclic amines) is 1. The van der Waals surface area contributed by atoms with E-state index in [1.54, 1.807) is 12.0 Å². The standard InChI is InChI=1S/C31H46N4O5S.C7H8/c1-5-23(3)31(34-41(39)6-2)17-18-35(30(31)38)28(16-15-24-11-8-7-9-12-24)29(37)33-22-26(36)21-32-20-25-13-10-14-27(19-25)40-4;1-7-5-3-2-4-6-7/h7-14,19,23,26,28,32,34,36H,5-6,15-18,20-22H2,1-4H3,(H,33,37);2-6H,1H3/t23-,26?,28-,31?,41?;/m0./s1. The number of nitrogens with zero attached hydrogens (tertiary/aromatic N) is 1. The summed E-state index contributed by atoms with van der Waals surface area (Å²) in [6.07, 6.45) is 1.49. The maximum absolute atomic E-state index is 14.0. The highest BCUT2D eigenvalue weighted by Gasteiger charge is 2.53. The number of amides is 2. The normalized spacial score (nSPS) is 18.3. The van der Waals surface area contributed by atoms with Gasteiger partial charge in [-0.25, -0.2) is 8.93 Å². The molecule has 1 heterocycles. The van der Waals surface area contributed by atoms with Gasteiger partial charge in [0.15, 0.2) is 0 Å². The first-order chi connectivity index (χ1) is 23.1. The molecule has 10 heteroatoms. The summed E-state index contributed by atoms with van der Waals surface area (Å²) in [5, 5.41) is 16.7. The molecule has 0 saturated carbocycles. The highest BCUT2D eigenvalue weighted by atomic mass is 32.2. The molecule has 3 unspecified atom stereocenters. The van der Waals surface area contributed by atoms with Crippen LogP contribution in [0.3, 0.4) is 0 Å². The zero-order chi connectivity index (χ0) is 34.9. The highest BCUT2D eigenvalue weighted by Crippen LogP contribution is 2.35. The Morgan fingerprint density at radius 3 is 2.27 bits per heavy atom. The molecule has 3 aromatic rings. The summed E-state index contributed by atoms with van der Waals surface area (Å²) in [7, 11) is 0.274. The van der Waals surface area contributed by atoms with E-state index < -0.39 is 28.7 Å². The largest absolute Gasteiger partial charge is 0.497 e. The Labute approximate surface area is 289 Å². The second kappa shape index (κ2) is 20.1. The molecule has 1 aliphatic rings. The molecule has 1 saturated heterocycles. The van der Waals surface area contributed by atoms with Crippen molar-refractivity contribution < 1.29 is 23.6 Å². The molecular weight excluding hydrogens is 625 g/mol. The number of ether oxygens (including phenoxy) is 1. The van der Waals surface area contributed by atoms with E-state index in [4.69, 9.17) is 4.74 Å². The van der Waals surface area contributed by atoms with Crippen LogP contribution in [0.5, 0.6) is 5.75 Å². The lowest BCUT2D eigenvalue weighted by Crippen LogP contribution is -2.59. The van der Waals surface area contributed by atoms with Crippen molar-refractivity contribution in [1.29, 1.82) is 0 Å². The molecule has 4 N–H and O–H groups in total. The van der Waals surface area contributed by atoms with Crippen molar-refractivity contribution in [3.8, 4) is 5.75 Å². The molecule has 1 aliphatic heterocycles. The lowest BCUT2D eigenvalue weighted by molar-refractivity contribution is -0.142. The average Bonchev–Trinajstić information content (AvgIpc) is 3.43. The molecular formula is C38H54N4O5S. The van der Waals surface area contributed by atoms with Gasteiger partial charge in [0.1, 0.15) is 17.3 Å². The third kappa shape index (κ3) is 11.5. The highest BCUT2D eigenvalue weighted by molar-refractivity contribution is 7.83. The quantitative estimate of drug-likeness (QED) is 0.166. The molecule has 2 amide bonds. The van der Waals surface area contributed by atoms with Crippen LogP contribution in [-0.2, 0) is 33.5 Å². The predicted molar refractivity (Wildman–Crippen MR) is 194 cm³/mol. The van der Waals surface area contributed by atoms with Crippen molar-refractivity contribution in [3.05, 3.63) is 102 Å². The minimum Gasteiger partial charge on any atom is -0.497 e. The maximum Gasteiger partial charge on any atom is 0.244 e. The zero-order valence-electron chi connectivity index (χ0n) is 29.1. The second-order valence-corrected chi connectivity index (χ2v) is 13.8. The van der Waals surface area contributed by atoms with Crippen LogP contribution in [0.15, 0.2) is 84.9 Å². The Bertz CT molecular complexity index is 1430. The summed E-state index contributed by atoms with van der Waals surface area (Å²) in [4.78, 5) is 29.2. The van der Waals surface area contributed by atoms with Gasteiger partial charge in [-0.05, 0) is 55.4 Å². The summed E-state index contributed by atoms with van der Waals surface area (Å²) in [5.74, 6) is 0.641. The first-order valence-corrected chi connectivity index (χ1v) is 18.3. The van der Waals surface area contributed by atoms with Crippen molar-refractivity contribution in [1.82, 2.24) is 20.3 Å². The average molecular weight is 679 g/mol. The number of carbonyl (C=O) groups excluding carboxylic acids is 2.